The first-order valence-corrected chi connectivity index (χ1v) is 6.76. The molecule has 1 rings (SSSR count). The zero-order valence-electron chi connectivity index (χ0n) is 14.2. The predicted octanol–water partition coefficient (Wildman–Crippen LogP) is 2.00. The van der Waals surface area contributed by atoms with Gasteiger partial charge in [0.2, 0.25) is 0 Å². The van der Waals surface area contributed by atoms with E-state index in [0.29, 0.717) is 4.48 Å². The zero-order chi connectivity index (χ0) is 17.1. The Balaban J connectivity index is 3.19. The second-order valence-corrected chi connectivity index (χ2v) is 6.17. The van der Waals surface area contributed by atoms with Crippen molar-refractivity contribution >= 4 is 17.9 Å². The third-order valence-corrected chi connectivity index (χ3v) is 2.83. The van der Waals surface area contributed by atoms with E-state index in [4.69, 9.17) is 9.47 Å². The Morgan fingerprint density at radius 1 is 0.864 bits per heavy atom. The molecular weight excluding hydrogens is 286 g/mol. The number of hydrogen-bond donors (Lipinski definition) is 0. The highest BCUT2D eigenvalue weighted by molar-refractivity contribution is 5.75. The van der Waals surface area contributed by atoms with E-state index < -0.39 is 12.2 Å². The van der Waals surface area contributed by atoms with Crippen molar-refractivity contribution in [2.75, 3.05) is 49.3 Å². The lowest BCUT2D eigenvalue weighted by molar-refractivity contribution is 0.161. The molecule has 0 bridgehead atoms. The van der Waals surface area contributed by atoms with Crippen molar-refractivity contribution < 1.29 is 19.1 Å². The Hall–Kier alpha value is -2.28. The molecule has 0 saturated heterocycles. The second kappa shape index (κ2) is 6.65. The number of ether oxygens (including phenoxy) is 2. The van der Waals surface area contributed by atoms with Crippen molar-refractivity contribution in [3.8, 4) is 11.5 Å². The van der Waals surface area contributed by atoms with E-state index in [1.54, 1.807) is 40.3 Å². The van der Waals surface area contributed by atoms with Gasteiger partial charge in [-0.05, 0) is 6.07 Å². The summed E-state index contributed by atoms with van der Waals surface area (Å²) in [6.45, 7) is 0. The maximum Gasteiger partial charge on any atom is 0.414 e. The molecule has 0 unspecified atom stereocenters. The van der Waals surface area contributed by atoms with Gasteiger partial charge in [0.05, 0.1) is 21.1 Å². The number of amides is 2. The van der Waals surface area contributed by atoms with Gasteiger partial charge in [-0.25, -0.2) is 9.59 Å². The summed E-state index contributed by atoms with van der Waals surface area (Å²) in [5, 5.41) is 0. The quantitative estimate of drug-likeness (QED) is 0.801. The number of benzene rings is 1. The first-order valence-electron chi connectivity index (χ1n) is 6.76. The molecule has 22 heavy (non-hydrogen) atoms. The molecule has 0 aromatic heterocycles. The van der Waals surface area contributed by atoms with E-state index in [9.17, 15) is 9.59 Å². The molecule has 0 spiro atoms. The Bertz CT molecular complexity index is 562. The van der Waals surface area contributed by atoms with Crippen LogP contribution in [0.15, 0.2) is 18.2 Å². The summed E-state index contributed by atoms with van der Waals surface area (Å²) in [4.78, 5) is 26.1. The molecule has 0 fully saturated rings. The highest BCUT2D eigenvalue weighted by atomic mass is 16.6. The van der Waals surface area contributed by atoms with Crippen molar-refractivity contribution in [2.45, 2.75) is 0 Å². The van der Waals surface area contributed by atoms with Gasteiger partial charge >= 0.3 is 12.2 Å². The molecule has 7 nitrogen and oxygen atoms in total. The molecular formula is C15H24N3O4+. The largest absolute Gasteiger partial charge is 0.414 e. The van der Waals surface area contributed by atoms with E-state index >= 15 is 0 Å². The van der Waals surface area contributed by atoms with Gasteiger partial charge in [-0.15, -0.1) is 0 Å². The summed E-state index contributed by atoms with van der Waals surface area (Å²) in [5.41, 5.74) is 0.909. The average Bonchev–Trinajstić information content (AvgIpc) is 2.38. The molecule has 0 aliphatic carbocycles. The Labute approximate surface area is 131 Å². The first kappa shape index (κ1) is 17.8. The molecule has 0 atom stereocenters. The molecule has 0 aliphatic heterocycles. The van der Waals surface area contributed by atoms with E-state index in [1.165, 1.54) is 9.80 Å². The molecule has 0 aliphatic rings. The minimum Gasteiger partial charge on any atom is -0.406 e. The highest BCUT2D eigenvalue weighted by Gasteiger charge is 2.21. The second-order valence-electron chi connectivity index (χ2n) is 6.17. The minimum absolute atomic E-state index is 0.200. The monoisotopic (exact) mass is 310 g/mol. The van der Waals surface area contributed by atoms with E-state index in [2.05, 4.69) is 0 Å². The lowest BCUT2D eigenvalue weighted by Crippen LogP contribution is -2.35. The molecule has 7 heteroatoms. The Morgan fingerprint density at radius 2 is 1.32 bits per heavy atom. The van der Waals surface area contributed by atoms with Crippen LogP contribution in [-0.4, -0.2) is 71.3 Å². The van der Waals surface area contributed by atoms with Crippen LogP contribution in [0.1, 0.15) is 0 Å². The maximum absolute atomic E-state index is 11.8. The standard InChI is InChI=1S/C15H24N3O4/c1-16(2)14(19)21-12-9-8-11(18(5,6)7)10-13(12)22-15(20)17(3)4/h8-10H,1-7H3/q+1. The minimum atomic E-state index is -0.542. The van der Waals surface area contributed by atoms with E-state index in [-0.39, 0.29) is 11.5 Å². The zero-order valence-corrected chi connectivity index (χ0v) is 14.2. The number of nitrogens with zero attached hydrogens (tertiary/aromatic N) is 3. The van der Waals surface area contributed by atoms with Gasteiger partial charge in [0.25, 0.3) is 0 Å². The fraction of sp³-hybridized carbons (Fsp3) is 0.467. The fourth-order valence-electron chi connectivity index (χ4n) is 1.45. The maximum atomic E-state index is 11.8. The van der Waals surface area contributed by atoms with Gasteiger partial charge in [0.15, 0.2) is 11.5 Å². The molecule has 0 N–H and O–H groups in total. The van der Waals surface area contributed by atoms with Gasteiger partial charge in [0.1, 0.15) is 5.69 Å². The number of carbonyl (C=O) groups excluding carboxylic acids is 2. The number of carbonyl (C=O) groups is 2. The van der Waals surface area contributed by atoms with Crippen molar-refractivity contribution in [2.24, 2.45) is 0 Å². The lowest BCUT2D eigenvalue weighted by Gasteiger charge is -2.24. The Morgan fingerprint density at radius 3 is 1.73 bits per heavy atom. The fourth-order valence-corrected chi connectivity index (χ4v) is 1.45. The van der Waals surface area contributed by atoms with Gasteiger partial charge in [-0.1, -0.05) is 0 Å². The van der Waals surface area contributed by atoms with Crippen LogP contribution in [0.4, 0.5) is 15.3 Å². The van der Waals surface area contributed by atoms with Crippen LogP contribution >= 0.6 is 0 Å². The summed E-state index contributed by atoms with van der Waals surface area (Å²) in [7, 11) is 12.3. The first-order chi connectivity index (χ1) is 10.0. The van der Waals surface area contributed by atoms with E-state index in [1.807, 2.05) is 27.2 Å². The van der Waals surface area contributed by atoms with Crippen LogP contribution in [-0.2, 0) is 0 Å². The summed E-state index contributed by atoms with van der Waals surface area (Å²) < 4.78 is 11.1. The van der Waals surface area contributed by atoms with Crippen LogP contribution < -0.4 is 14.0 Å². The third-order valence-electron chi connectivity index (χ3n) is 2.83. The van der Waals surface area contributed by atoms with Crippen molar-refractivity contribution in [1.82, 2.24) is 14.3 Å². The van der Waals surface area contributed by atoms with Crippen LogP contribution in [0.25, 0.3) is 0 Å². The lowest BCUT2D eigenvalue weighted by atomic mass is 10.2. The molecule has 0 radical (unpaired) electrons. The van der Waals surface area contributed by atoms with Gasteiger partial charge < -0.3 is 19.3 Å². The molecule has 0 heterocycles. The molecule has 1 aromatic rings. The molecule has 0 saturated carbocycles. The van der Waals surface area contributed by atoms with Gasteiger partial charge in [-0.3, -0.25) is 4.48 Å². The van der Waals surface area contributed by atoms with Gasteiger partial charge in [-0.2, -0.15) is 0 Å². The molecule has 122 valence electrons. The van der Waals surface area contributed by atoms with Crippen molar-refractivity contribution in [3.63, 3.8) is 0 Å². The van der Waals surface area contributed by atoms with Crippen LogP contribution in [0, 0.1) is 0 Å². The average molecular weight is 310 g/mol. The topological polar surface area (TPSA) is 59.1 Å². The summed E-state index contributed by atoms with van der Waals surface area (Å²) in [6, 6.07) is 5.14. The predicted molar refractivity (Wildman–Crippen MR) is 85.4 cm³/mol. The Kier molecular flexibility index (Phi) is 5.38. The molecule has 2 amide bonds. The summed E-state index contributed by atoms with van der Waals surface area (Å²) >= 11 is 0. The highest BCUT2D eigenvalue weighted by Crippen LogP contribution is 2.33. The SMILES string of the molecule is CN(C)C(=O)Oc1ccc([N+](C)(C)C)cc1OC(=O)N(C)C. The summed E-state index contributed by atoms with van der Waals surface area (Å²) in [5.74, 6) is 0.408. The number of quaternary nitrogens is 1. The molecule has 1 aromatic carbocycles. The van der Waals surface area contributed by atoms with Crippen molar-refractivity contribution in [1.29, 1.82) is 0 Å². The van der Waals surface area contributed by atoms with Crippen LogP contribution in [0.5, 0.6) is 11.5 Å². The van der Waals surface area contributed by atoms with Crippen molar-refractivity contribution in [3.05, 3.63) is 18.2 Å². The third kappa shape index (κ3) is 4.63. The number of rotatable bonds is 3. The van der Waals surface area contributed by atoms with Crippen LogP contribution in [0.3, 0.4) is 0 Å². The smallest absolute Gasteiger partial charge is 0.406 e. The van der Waals surface area contributed by atoms with Gasteiger partial charge in [0, 0.05) is 40.3 Å². The number of hydrogen-bond acceptors (Lipinski definition) is 4. The summed E-state index contributed by atoms with van der Waals surface area (Å²) in [6.07, 6.45) is -1.08. The normalized spacial score (nSPS) is 10.9. The van der Waals surface area contributed by atoms with E-state index in [0.717, 1.165) is 5.69 Å². The van der Waals surface area contributed by atoms with Crippen LogP contribution in [0.2, 0.25) is 0 Å².